The molecule has 4 heterocycles. The number of aromatic nitrogens is 3. The number of nitrogens with one attached hydrogen (secondary N) is 1. The van der Waals surface area contributed by atoms with Gasteiger partial charge in [0.2, 0.25) is 0 Å². The van der Waals surface area contributed by atoms with E-state index < -0.39 is 0 Å². The maximum absolute atomic E-state index is 13.2. The average molecular weight is 449 g/mol. The fourth-order valence-electron chi connectivity index (χ4n) is 5.05. The maximum atomic E-state index is 13.2. The Kier molecular flexibility index (Phi) is 6.09. The van der Waals surface area contributed by atoms with E-state index in [1.807, 2.05) is 23.1 Å². The zero-order valence-corrected chi connectivity index (χ0v) is 18.5. The molecule has 2 aliphatic rings. The molecule has 2 fully saturated rings. The van der Waals surface area contributed by atoms with Crippen LogP contribution in [0.25, 0.3) is 10.8 Å². The van der Waals surface area contributed by atoms with Crippen LogP contribution < -0.4 is 10.3 Å². The topological polar surface area (TPSA) is 97.4 Å². The fourth-order valence-corrected chi connectivity index (χ4v) is 5.05. The van der Waals surface area contributed by atoms with Crippen molar-refractivity contribution in [1.82, 2.24) is 20.1 Å². The molecule has 0 saturated carbocycles. The van der Waals surface area contributed by atoms with Crippen molar-refractivity contribution in [3.8, 4) is 5.75 Å². The third kappa shape index (κ3) is 4.61. The molecule has 1 amide bonds. The predicted octanol–water partition coefficient (Wildman–Crippen LogP) is 3.19. The first-order valence-corrected chi connectivity index (χ1v) is 11.6. The Morgan fingerprint density at radius 2 is 1.91 bits per heavy atom. The normalized spacial score (nSPS) is 20.1. The van der Waals surface area contributed by atoms with Crippen LogP contribution in [0.1, 0.15) is 42.6 Å². The molecule has 0 radical (unpaired) electrons. The van der Waals surface area contributed by atoms with Crippen LogP contribution in [0.5, 0.6) is 5.75 Å². The van der Waals surface area contributed by atoms with Gasteiger partial charge in [-0.1, -0.05) is 18.2 Å². The molecule has 1 atom stereocenters. The molecule has 1 unspecified atom stereocenters. The molecule has 172 valence electrons. The number of fused-ring (bicyclic) bond motifs is 1. The molecule has 1 N–H and O–H groups in total. The van der Waals surface area contributed by atoms with Crippen molar-refractivity contribution in [3.63, 3.8) is 0 Å². The quantitative estimate of drug-likeness (QED) is 0.644. The van der Waals surface area contributed by atoms with E-state index in [4.69, 9.17) is 9.47 Å². The highest BCUT2D eigenvalue weighted by Gasteiger charge is 2.41. The molecular weight excluding hydrogens is 420 g/mol. The molecule has 2 saturated heterocycles. The lowest BCUT2D eigenvalue weighted by Crippen LogP contribution is -2.51. The lowest BCUT2D eigenvalue weighted by atomic mass is 9.78. The number of carbonyl (C=O) groups is 1. The molecule has 0 bridgehead atoms. The second-order valence-electron chi connectivity index (χ2n) is 8.95. The minimum Gasteiger partial charge on any atom is -0.493 e. The number of benzene rings is 1. The molecule has 3 aromatic rings. The highest BCUT2D eigenvalue weighted by molar-refractivity contribution is 6.04. The molecular formula is C25H28N4O4. The third-order valence-corrected chi connectivity index (χ3v) is 6.90. The van der Waals surface area contributed by atoms with Crippen molar-refractivity contribution in [2.45, 2.75) is 37.7 Å². The van der Waals surface area contributed by atoms with Crippen LogP contribution in [0.15, 0.2) is 53.6 Å². The van der Waals surface area contributed by atoms with Gasteiger partial charge in [0.25, 0.3) is 11.5 Å². The molecule has 8 nitrogen and oxygen atoms in total. The number of carbonyl (C=O) groups excluding carboxylic acids is 1. The average Bonchev–Trinajstić information content (AvgIpc) is 2.85. The number of rotatable bonds is 5. The van der Waals surface area contributed by atoms with Crippen LogP contribution in [0, 0.1) is 5.92 Å². The maximum Gasteiger partial charge on any atom is 0.274 e. The lowest BCUT2D eigenvalue weighted by molar-refractivity contribution is -0.125. The minimum atomic E-state index is -0.283. The van der Waals surface area contributed by atoms with Crippen molar-refractivity contribution in [2.24, 2.45) is 5.92 Å². The second kappa shape index (κ2) is 9.31. The Balaban J connectivity index is 1.19. The number of likely N-dealkylation sites (tertiary alicyclic amines) is 1. The SMILES string of the molecule is O=C(c1n[nH]c(=O)c2ccccc12)N1CCC2(CC1)CC(CCOc1ccncc1)CCO2. The summed E-state index contributed by atoms with van der Waals surface area (Å²) in [6.45, 7) is 2.67. The van der Waals surface area contributed by atoms with Crippen LogP contribution in [-0.2, 0) is 4.74 Å². The van der Waals surface area contributed by atoms with Gasteiger partial charge in [0, 0.05) is 37.5 Å². The van der Waals surface area contributed by atoms with Gasteiger partial charge in [0.15, 0.2) is 5.69 Å². The summed E-state index contributed by atoms with van der Waals surface area (Å²) in [5.41, 5.74) is -0.150. The van der Waals surface area contributed by atoms with Crippen LogP contribution >= 0.6 is 0 Å². The number of pyridine rings is 1. The van der Waals surface area contributed by atoms with Gasteiger partial charge in [-0.05, 0) is 56.2 Å². The summed E-state index contributed by atoms with van der Waals surface area (Å²) in [7, 11) is 0. The summed E-state index contributed by atoms with van der Waals surface area (Å²) in [5, 5.41) is 7.62. The summed E-state index contributed by atoms with van der Waals surface area (Å²) >= 11 is 0. The van der Waals surface area contributed by atoms with Crippen molar-refractivity contribution in [2.75, 3.05) is 26.3 Å². The van der Waals surface area contributed by atoms with Crippen LogP contribution in [0.3, 0.4) is 0 Å². The van der Waals surface area contributed by atoms with E-state index in [9.17, 15) is 9.59 Å². The molecule has 0 aliphatic carbocycles. The lowest BCUT2D eigenvalue weighted by Gasteiger charge is -2.46. The summed E-state index contributed by atoms with van der Waals surface area (Å²) in [6.07, 6.45) is 8.11. The van der Waals surface area contributed by atoms with E-state index in [2.05, 4.69) is 15.2 Å². The highest BCUT2D eigenvalue weighted by atomic mass is 16.5. The smallest absolute Gasteiger partial charge is 0.274 e. The van der Waals surface area contributed by atoms with Gasteiger partial charge >= 0.3 is 0 Å². The Hall–Kier alpha value is -3.26. The molecule has 33 heavy (non-hydrogen) atoms. The van der Waals surface area contributed by atoms with Crippen molar-refractivity contribution in [1.29, 1.82) is 0 Å². The van der Waals surface area contributed by atoms with E-state index in [0.29, 0.717) is 42.1 Å². The van der Waals surface area contributed by atoms with Gasteiger partial charge in [0.05, 0.1) is 17.6 Å². The van der Waals surface area contributed by atoms with Crippen molar-refractivity contribution < 1.29 is 14.3 Å². The molecule has 8 heteroatoms. The van der Waals surface area contributed by atoms with E-state index >= 15 is 0 Å². The van der Waals surface area contributed by atoms with Crippen molar-refractivity contribution >= 4 is 16.7 Å². The Bertz CT molecular complexity index is 1170. The van der Waals surface area contributed by atoms with Gasteiger partial charge in [-0.25, -0.2) is 5.10 Å². The number of H-pyrrole nitrogens is 1. The number of aromatic amines is 1. The zero-order valence-electron chi connectivity index (χ0n) is 18.5. The number of hydrogen-bond donors (Lipinski definition) is 1. The molecule has 2 aromatic heterocycles. The summed E-state index contributed by atoms with van der Waals surface area (Å²) in [6, 6.07) is 10.8. The minimum absolute atomic E-state index is 0.143. The number of amides is 1. The van der Waals surface area contributed by atoms with Crippen LogP contribution in [0.4, 0.5) is 0 Å². The van der Waals surface area contributed by atoms with Crippen LogP contribution in [0.2, 0.25) is 0 Å². The van der Waals surface area contributed by atoms with E-state index in [-0.39, 0.29) is 17.1 Å². The third-order valence-electron chi connectivity index (χ3n) is 6.90. The molecule has 1 spiro atoms. The van der Waals surface area contributed by atoms with Gasteiger partial charge in [-0.15, -0.1) is 0 Å². The summed E-state index contributed by atoms with van der Waals surface area (Å²) in [4.78, 5) is 31.1. The molecule has 2 aliphatic heterocycles. The summed E-state index contributed by atoms with van der Waals surface area (Å²) in [5.74, 6) is 1.25. The number of ether oxygens (including phenoxy) is 2. The van der Waals surface area contributed by atoms with E-state index in [0.717, 1.165) is 44.5 Å². The standard InChI is InChI=1S/C25H28N4O4/c30-23-21-4-2-1-3-20(21)22(27-28-23)24(31)29-13-9-25(10-14-29)17-18(8-16-33-25)7-15-32-19-5-11-26-12-6-19/h1-6,11-12,18H,7-10,13-17H2,(H,28,30). The monoisotopic (exact) mass is 448 g/mol. The fraction of sp³-hybridized carbons (Fsp3) is 0.440. The molecule has 5 rings (SSSR count). The first-order chi connectivity index (χ1) is 16.1. The summed E-state index contributed by atoms with van der Waals surface area (Å²) < 4.78 is 12.1. The van der Waals surface area contributed by atoms with Gasteiger partial charge in [-0.3, -0.25) is 14.6 Å². The molecule has 1 aromatic carbocycles. The first-order valence-electron chi connectivity index (χ1n) is 11.6. The second-order valence-corrected chi connectivity index (χ2v) is 8.95. The largest absolute Gasteiger partial charge is 0.493 e. The van der Waals surface area contributed by atoms with E-state index in [1.54, 1.807) is 30.6 Å². The van der Waals surface area contributed by atoms with Gasteiger partial charge < -0.3 is 14.4 Å². The van der Waals surface area contributed by atoms with Gasteiger partial charge in [-0.2, -0.15) is 5.10 Å². The number of piperidine rings is 1. The van der Waals surface area contributed by atoms with E-state index in [1.165, 1.54) is 0 Å². The zero-order chi connectivity index (χ0) is 22.7. The number of nitrogens with zero attached hydrogens (tertiary/aromatic N) is 3. The number of hydrogen-bond acceptors (Lipinski definition) is 6. The Morgan fingerprint density at radius 3 is 2.70 bits per heavy atom. The van der Waals surface area contributed by atoms with Gasteiger partial charge in [0.1, 0.15) is 5.75 Å². The Labute approximate surface area is 191 Å². The first kappa shape index (κ1) is 21.6. The van der Waals surface area contributed by atoms with Crippen LogP contribution in [-0.4, -0.2) is 57.9 Å². The Morgan fingerprint density at radius 1 is 1.15 bits per heavy atom. The predicted molar refractivity (Wildman–Crippen MR) is 123 cm³/mol. The highest BCUT2D eigenvalue weighted by Crippen LogP contribution is 2.39. The van der Waals surface area contributed by atoms with Crippen molar-refractivity contribution in [3.05, 3.63) is 64.8 Å².